The van der Waals surface area contributed by atoms with Crippen molar-refractivity contribution in [2.24, 2.45) is 0 Å². The highest BCUT2D eigenvalue weighted by Gasteiger charge is 2.08. The van der Waals surface area contributed by atoms with Gasteiger partial charge in [-0.05, 0) is 48.4 Å². The van der Waals surface area contributed by atoms with E-state index in [4.69, 9.17) is 0 Å². The first-order valence-electron chi connectivity index (χ1n) is 8.11. The molecule has 3 rings (SSSR count). The lowest BCUT2D eigenvalue weighted by Gasteiger charge is -2.09. The van der Waals surface area contributed by atoms with Crippen LogP contribution >= 0.6 is 0 Å². The zero-order valence-electron chi connectivity index (χ0n) is 13.9. The van der Waals surface area contributed by atoms with Crippen LogP contribution in [0.1, 0.15) is 15.9 Å². The lowest BCUT2D eigenvalue weighted by atomic mass is 10.1. The Labute approximate surface area is 149 Å². The van der Waals surface area contributed by atoms with Gasteiger partial charge in [-0.25, -0.2) is 8.78 Å². The lowest BCUT2D eigenvalue weighted by molar-refractivity contribution is 0.102. The van der Waals surface area contributed by atoms with Gasteiger partial charge in [-0.15, -0.1) is 0 Å². The van der Waals surface area contributed by atoms with Crippen LogP contribution in [0.3, 0.4) is 0 Å². The molecule has 1 amide bonds. The summed E-state index contributed by atoms with van der Waals surface area (Å²) >= 11 is 0. The predicted octanol–water partition coefficient (Wildman–Crippen LogP) is 4.27. The van der Waals surface area contributed by atoms with E-state index >= 15 is 0 Å². The van der Waals surface area contributed by atoms with Crippen LogP contribution in [-0.4, -0.2) is 17.4 Å². The number of hydrogen-bond acceptors (Lipinski definition) is 3. The van der Waals surface area contributed by atoms with E-state index in [1.54, 1.807) is 30.5 Å². The number of halogens is 2. The summed E-state index contributed by atoms with van der Waals surface area (Å²) < 4.78 is 26.5. The molecule has 0 saturated heterocycles. The maximum absolute atomic E-state index is 13.6. The third-order valence-electron chi connectivity index (χ3n) is 3.78. The van der Waals surface area contributed by atoms with E-state index in [0.29, 0.717) is 35.5 Å². The van der Waals surface area contributed by atoms with Crippen molar-refractivity contribution in [1.29, 1.82) is 0 Å². The lowest BCUT2D eigenvalue weighted by Crippen LogP contribution is -2.13. The number of aromatic nitrogens is 1. The molecule has 3 aromatic rings. The van der Waals surface area contributed by atoms with Crippen molar-refractivity contribution in [2.45, 2.75) is 6.42 Å². The molecule has 0 aliphatic heterocycles. The second kappa shape index (κ2) is 8.20. The standard InChI is InChI=1S/C20H17F2N3O/c21-16-5-7-17(8-6-16)25-20(26)15-11-18(13-23-12-15)24-10-9-14-3-1-2-4-19(14)22/h1-8,11-13,24H,9-10H2,(H,25,26). The van der Waals surface area contributed by atoms with Gasteiger partial charge < -0.3 is 10.6 Å². The number of benzene rings is 2. The molecule has 0 aliphatic rings. The fraction of sp³-hybridized carbons (Fsp3) is 0.100. The van der Waals surface area contributed by atoms with Crippen molar-refractivity contribution in [3.63, 3.8) is 0 Å². The molecule has 0 fully saturated rings. The summed E-state index contributed by atoms with van der Waals surface area (Å²) in [7, 11) is 0. The summed E-state index contributed by atoms with van der Waals surface area (Å²) in [5, 5.41) is 5.81. The van der Waals surface area contributed by atoms with E-state index in [2.05, 4.69) is 15.6 Å². The molecule has 0 saturated carbocycles. The molecule has 0 bridgehead atoms. The number of amides is 1. The average molecular weight is 353 g/mol. The van der Waals surface area contributed by atoms with Crippen molar-refractivity contribution in [3.05, 3.63) is 89.8 Å². The van der Waals surface area contributed by atoms with Gasteiger partial charge in [-0.2, -0.15) is 0 Å². The Balaban J connectivity index is 1.59. The van der Waals surface area contributed by atoms with Crippen molar-refractivity contribution in [1.82, 2.24) is 4.98 Å². The van der Waals surface area contributed by atoms with Crippen molar-refractivity contribution in [3.8, 4) is 0 Å². The fourth-order valence-corrected chi connectivity index (χ4v) is 2.44. The second-order valence-electron chi connectivity index (χ2n) is 5.69. The van der Waals surface area contributed by atoms with Crippen LogP contribution in [0.15, 0.2) is 67.0 Å². The van der Waals surface area contributed by atoms with Crippen molar-refractivity contribution >= 4 is 17.3 Å². The van der Waals surface area contributed by atoms with Crippen LogP contribution in [0.25, 0.3) is 0 Å². The summed E-state index contributed by atoms with van der Waals surface area (Å²) in [5.74, 6) is -0.951. The summed E-state index contributed by atoms with van der Waals surface area (Å²) in [6.07, 6.45) is 3.55. The van der Waals surface area contributed by atoms with E-state index in [1.807, 2.05) is 0 Å². The average Bonchev–Trinajstić information content (AvgIpc) is 2.65. The highest BCUT2D eigenvalue weighted by Crippen LogP contribution is 2.14. The van der Waals surface area contributed by atoms with Gasteiger partial charge in [0.2, 0.25) is 0 Å². The molecule has 26 heavy (non-hydrogen) atoms. The van der Waals surface area contributed by atoms with Gasteiger partial charge in [-0.1, -0.05) is 18.2 Å². The van der Waals surface area contributed by atoms with Crippen LogP contribution in [0.5, 0.6) is 0 Å². The van der Waals surface area contributed by atoms with E-state index in [1.165, 1.54) is 36.5 Å². The van der Waals surface area contributed by atoms with E-state index in [-0.39, 0.29) is 17.5 Å². The van der Waals surface area contributed by atoms with Crippen molar-refractivity contribution in [2.75, 3.05) is 17.2 Å². The molecule has 132 valence electrons. The number of nitrogens with zero attached hydrogens (tertiary/aromatic N) is 1. The Kier molecular flexibility index (Phi) is 5.53. The fourth-order valence-electron chi connectivity index (χ4n) is 2.44. The Hall–Kier alpha value is -3.28. The molecule has 0 aliphatic carbocycles. The molecule has 4 nitrogen and oxygen atoms in total. The molecule has 0 radical (unpaired) electrons. The van der Waals surface area contributed by atoms with Crippen LogP contribution in [0.4, 0.5) is 20.2 Å². The second-order valence-corrected chi connectivity index (χ2v) is 5.69. The number of pyridine rings is 1. The monoisotopic (exact) mass is 353 g/mol. The normalized spacial score (nSPS) is 10.4. The minimum atomic E-state index is -0.370. The molecule has 2 N–H and O–H groups in total. The number of carbonyl (C=O) groups excluding carboxylic acids is 1. The summed E-state index contributed by atoms with van der Waals surface area (Å²) in [5.41, 5.74) is 2.14. The summed E-state index contributed by atoms with van der Waals surface area (Å²) in [4.78, 5) is 16.3. The molecular formula is C20H17F2N3O. The SMILES string of the molecule is O=C(Nc1ccc(F)cc1)c1cncc(NCCc2ccccc2F)c1. The van der Waals surface area contributed by atoms with Crippen LogP contribution in [0.2, 0.25) is 0 Å². The van der Waals surface area contributed by atoms with Gasteiger partial charge >= 0.3 is 0 Å². The van der Waals surface area contributed by atoms with Gasteiger partial charge in [0.1, 0.15) is 11.6 Å². The van der Waals surface area contributed by atoms with E-state index in [0.717, 1.165) is 0 Å². The Bertz CT molecular complexity index is 898. The van der Waals surface area contributed by atoms with Crippen LogP contribution < -0.4 is 10.6 Å². The minimum Gasteiger partial charge on any atom is -0.383 e. The highest BCUT2D eigenvalue weighted by molar-refractivity contribution is 6.04. The number of hydrogen-bond donors (Lipinski definition) is 2. The predicted molar refractivity (Wildman–Crippen MR) is 97.2 cm³/mol. The van der Waals surface area contributed by atoms with E-state index in [9.17, 15) is 13.6 Å². The smallest absolute Gasteiger partial charge is 0.257 e. The maximum atomic E-state index is 13.6. The zero-order chi connectivity index (χ0) is 18.4. The molecule has 0 atom stereocenters. The molecule has 1 aromatic heterocycles. The third kappa shape index (κ3) is 4.63. The zero-order valence-corrected chi connectivity index (χ0v) is 13.9. The number of rotatable bonds is 6. The molecule has 0 spiro atoms. The quantitative estimate of drug-likeness (QED) is 0.696. The Morgan fingerprint density at radius 3 is 2.50 bits per heavy atom. The Morgan fingerprint density at radius 1 is 0.962 bits per heavy atom. The van der Waals surface area contributed by atoms with Gasteiger partial charge in [0.25, 0.3) is 5.91 Å². The third-order valence-corrected chi connectivity index (χ3v) is 3.78. The Morgan fingerprint density at radius 2 is 1.73 bits per heavy atom. The first kappa shape index (κ1) is 17.5. The number of carbonyl (C=O) groups is 1. The van der Waals surface area contributed by atoms with Crippen molar-refractivity contribution < 1.29 is 13.6 Å². The topological polar surface area (TPSA) is 54.0 Å². The van der Waals surface area contributed by atoms with E-state index < -0.39 is 0 Å². The van der Waals surface area contributed by atoms with Gasteiger partial charge in [0, 0.05) is 24.6 Å². The van der Waals surface area contributed by atoms with Gasteiger partial charge in [0.05, 0.1) is 11.3 Å². The molecule has 6 heteroatoms. The first-order chi connectivity index (χ1) is 12.6. The highest BCUT2D eigenvalue weighted by atomic mass is 19.1. The van der Waals surface area contributed by atoms with Crippen LogP contribution in [-0.2, 0) is 6.42 Å². The van der Waals surface area contributed by atoms with Gasteiger partial charge in [-0.3, -0.25) is 9.78 Å². The first-order valence-corrected chi connectivity index (χ1v) is 8.11. The van der Waals surface area contributed by atoms with Crippen LogP contribution in [0, 0.1) is 11.6 Å². The summed E-state index contributed by atoms with van der Waals surface area (Å²) in [6, 6.07) is 13.8. The molecule has 2 aromatic carbocycles. The summed E-state index contributed by atoms with van der Waals surface area (Å²) in [6.45, 7) is 0.506. The molecule has 0 unspecified atom stereocenters. The maximum Gasteiger partial charge on any atom is 0.257 e. The number of nitrogens with one attached hydrogen (secondary N) is 2. The molecular weight excluding hydrogens is 336 g/mol. The van der Waals surface area contributed by atoms with Gasteiger partial charge in [0.15, 0.2) is 0 Å². The number of anilines is 2. The largest absolute Gasteiger partial charge is 0.383 e. The minimum absolute atomic E-state index is 0.236. The molecule has 1 heterocycles.